The molecule has 0 atom stereocenters. The zero-order valence-corrected chi connectivity index (χ0v) is 14.3. The number of hydrogen-bond donors (Lipinski definition) is 0. The fourth-order valence-corrected chi connectivity index (χ4v) is 2.78. The zero-order valence-electron chi connectivity index (χ0n) is 14.3. The number of anilines is 1. The SMILES string of the molecule is Cc1ccc(-c2nc3ccc(N(C)Cc4ccccc4)nc3o2)cc1. The number of aryl methyl sites for hydroxylation is 1. The molecule has 2 aromatic heterocycles. The summed E-state index contributed by atoms with van der Waals surface area (Å²) in [5.74, 6) is 1.47. The Balaban J connectivity index is 1.62. The minimum atomic E-state index is 0.563. The van der Waals surface area contributed by atoms with Crippen LogP contribution in [0.4, 0.5) is 5.82 Å². The van der Waals surface area contributed by atoms with Crippen LogP contribution in [0.15, 0.2) is 71.1 Å². The summed E-state index contributed by atoms with van der Waals surface area (Å²) in [4.78, 5) is 11.3. The highest BCUT2D eigenvalue weighted by atomic mass is 16.4. The maximum atomic E-state index is 5.89. The molecule has 4 rings (SSSR count). The van der Waals surface area contributed by atoms with Crippen LogP contribution < -0.4 is 4.90 Å². The van der Waals surface area contributed by atoms with Gasteiger partial charge < -0.3 is 9.32 Å². The number of hydrogen-bond acceptors (Lipinski definition) is 4. The highest BCUT2D eigenvalue weighted by Gasteiger charge is 2.11. The third-order valence-electron chi connectivity index (χ3n) is 4.19. The van der Waals surface area contributed by atoms with Crippen LogP contribution in [0.2, 0.25) is 0 Å². The Morgan fingerprint density at radius 1 is 0.880 bits per heavy atom. The first-order chi connectivity index (χ1) is 12.2. The van der Waals surface area contributed by atoms with Crippen LogP contribution in [0.3, 0.4) is 0 Å². The van der Waals surface area contributed by atoms with Gasteiger partial charge in [0.05, 0.1) is 0 Å². The molecule has 0 amide bonds. The van der Waals surface area contributed by atoms with Crippen molar-refractivity contribution in [2.45, 2.75) is 13.5 Å². The average molecular weight is 329 g/mol. The molecule has 4 nitrogen and oxygen atoms in total. The molecule has 0 saturated carbocycles. The molecule has 2 aromatic carbocycles. The van der Waals surface area contributed by atoms with Crippen molar-refractivity contribution in [3.8, 4) is 11.5 Å². The molecular formula is C21H19N3O. The van der Waals surface area contributed by atoms with E-state index in [1.807, 2.05) is 49.5 Å². The topological polar surface area (TPSA) is 42.2 Å². The van der Waals surface area contributed by atoms with Gasteiger partial charge in [0.1, 0.15) is 11.3 Å². The van der Waals surface area contributed by atoms with Crippen molar-refractivity contribution in [2.24, 2.45) is 0 Å². The van der Waals surface area contributed by atoms with Crippen LogP contribution in [0, 0.1) is 6.92 Å². The van der Waals surface area contributed by atoms with E-state index in [0.717, 1.165) is 23.4 Å². The summed E-state index contributed by atoms with van der Waals surface area (Å²) < 4.78 is 5.89. The largest absolute Gasteiger partial charge is 0.418 e. The molecule has 0 N–H and O–H groups in total. The average Bonchev–Trinajstić information content (AvgIpc) is 3.06. The molecule has 2 heterocycles. The molecule has 0 saturated heterocycles. The molecule has 4 aromatic rings. The van der Waals surface area contributed by atoms with Gasteiger partial charge in [-0.05, 0) is 36.8 Å². The highest BCUT2D eigenvalue weighted by Crippen LogP contribution is 2.25. The van der Waals surface area contributed by atoms with Gasteiger partial charge in [0.25, 0.3) is 0 Å². The van der Waals surface area contributed by atoms with Gasteiger partial charge in [0, 0.05) is 19.2 Å². The predicted octanol–water partition coefficient (Wildman–Crippen LogP) is 4.83. The van der Waals surface area contributed by atoms with Crippen LogP contribution in [-0.2, 0) is 6.54 Å². The second-order valence-electron chi connectivity index (χ2n) is 6.22. The second-order valence-corrected chi connectivity index (χ2v) is 6.22. The van der Waals surface area contributed by atoms with Crippen molar-refractivity contribution >= 4 is 17.0 Å². The third kappa shape index (κ3) is 3.24. The predicted molar refractivity (Wildman–Crippen MR) is 101 cm³/mol. The fraction of sp³-hybridized carbons (Fsp3) is 0.143. The normalized spacial score (nSPS) is 11.0. The number of benzene rings is 2. The fourth-order valence-electron chi connectivity index (χ4n) is 2.78. The first-order valence-corrected chi connectivity index (χ1v) is 8.29. The Morgan fingerprint density at radius 2 is 1.64 bits per heavy atom. The lowest BCUT2D eigenvalue weighted by atomic mass is 10.1. The van der Waals surface area contributed by atoms with E-state index in [4.69, 9.17) is 4.42 Å². The molecule has 0 radical (unpaired) electrons. The first-order valence-electron chi connectivity index (χ1n) is 8.29. The van der Waals surface area contributed by atoms with Gasteiger partial charge in [-0.15, -0.1) is 0 Å². The number of fused-ring (bicyclic) bond motifs is 1. The molecule has 124 valence electrons. The number of nitrogens with zero attached hydrogens (tertiary/aromatic N) is 3. The Labute approximate surface area is 146 Å². The molecule has 0 aliphatic carbocycles. The second kappa shape index (κ2) is 6.40. The standard InChI is InChI=1S/C21H19N3O/c1-15-8-10-17(11-9-15)20-22-18-12-13-19(23-21(18)25-20)24(2)14-16-6-4-3-5-7-16/h3-13H,14H2,1-2H3. The monoisotopic (exact) mass is 329 g/mol. The molecule has 0 bridgehead atoms. The summed E-state index contributed by atoms with van der Waals surface area (Å²) >= 11 is 0. The summed E-state index contributed by atoms with van der Waals surface area (Å²) in [7, 11) is 2.03. The lowest BCUT2D eigenvalue weighted by Crippen LogP contribution is -2.17. The van der Waals surface area contributed by atoms with E-state index in [1.165, 1.54) is 11.1 Å². The van der Waals surface area contributed by atoms with E-state index in [9.17, 15) is 0 Å². The van der Waals surface area contributed by atoms with Gasteiger partial charge in [-0.3, -0.25) is 0 Å². The van der Waals surface area contributed by atoms with E-state index in [-0.39, 0.29) is 0 Å². The zero-order chi connectivity index (χ0) is 17.2. The molecule has 25 heavy (non-hydrogen) atoms. The Morgan fingerprint density at radius 3 is 2.40 bits per heavy atom. The van der Waals surface area contributed by atoms with Crippen molar-refractivity contribution in [3.05, 3.63) is 77.9 Å². The van der Waals surface area contributed by atoms with Crippen molar-refractivity contribution in [2.75, 3.05) is 11.9 Å². The van der Waals surface area contributed by atoms with E-state index in [1.54, 1.807) is 0 Å². The Kier molecular flexibility index (Phi) is 3.94. The van der Waals surface area contributed by atoms with E-state index in [2.05, 4.69) is 46.1 Å². The molecule has 4 heteroatoms. The summed E-state index contributed by atoms with van der Waals surface area (Å²) in [6.45, 7) is 2.85. The van der Waals surface area contributed by atoms with E-state index >= 15 is 0 Å². The molecule has 0 unspecified atom stereocenters. The van der Waals surface area contributed by atoms with Crippen molar-refractivity contribution < 1.29 is 4.42 Å². The smallest absolute Gasteiger partial charge is 0.249 e. The van der Waals surface area contributed by atoms with Crippen LogP contribution in [0.1, 0.15) is 11.1 Å². The van der Waals surface area contributed by atoms with Gasteiger partial charge >= 0.3 is 0 Å². The van der Waals surface area contributed by atoms with Gasteiger partial charge in [-0.2, -0.15) is 4.98 Å². The van der Waals surface area contributed by atoms with Crippen molar-refractivity contribution in [1.82, 2.24) is 9.97 Å². The molecule has 0 aliphatic heterocycles. The van der Waals surface area contributed by atoms with Gasteiger partial charge in [-0.25, -0.2) is 4.98 Å². The lowest BCUT2D eigenvalue weighted by molar-refractivity contribution is 0.607. The maximum Gasteiger partial charge on any atom is 0.249 e. The number of oxazole rings is 1. The van der Waals surface area contributed by atoms with Crippen LogP contribution in [0.25, 0.3) is 22.7 Å². The molecule has 0 aliphatic rings. The van der Waals surface area contributed by atoms with Crippen LogP contribution in [0.5, 0.6) is 0 Å². The van der Waals surface area contributed by atoms with Gasteiger partial charge in [0.15, 0.2) is 0 Å². The van der Waals surface area contributed by atoms with Crippen molar-refractivity contribution in [1.29, 1.82) is 0 Å². The summed E-state index contributed by atoms with van der Waals surface area (Å²) in [6.07, 6.45) is 0. The third-order valence-corrected chi connectivity index (χ3v) is 4.19. The van der Waals surface area contributed by atoms with Gasteiger partial charge in [-0.1, -0.05) is 48.0 Å². The number of pyridine rings is 1. The van der Waals surface area contributed by atoms with Gasteiger partial charge in [0.2, 0.25) is 11.6 Å². The molecular weight excluding hydrogens is 310 g/mol. The van der Waals surface area contributed by atoms with Crippen LogP contribution >= 0.6 is 0 Å². The number of aromatic nitrogens is 2. The lowest BCUT2D eigenvalue weighted by Gasteiger charge is -2.17. The van der Waals surface area contributed by atoms with Crippen LogP contribution in [-0.4, -0.2) is 17.0 Å². The Hall–Kier alpha value is -3.14. The van der Waals surface area contributed by atoms with E-state index in [0.29, 0.717) is 11.6 Å². The number of rotatable bonds is 4. The summed E-state index contributed by atoms with van der Waals surface area (Å²) in [5.41, 5.74) is 4.75. The summed E-state index contributed by atoms with van der Waals surface area (Å²) in [6, 6.07) is 22.4. The minimum absolute atomic E-state index is 0.563. The Bertz CT molecular complexity index is 991. The highest BCUT2D eigenvalue weighted by molar-refractivity contribution is 5.74. The van der Waals surface area contributed by atoms with E-state index < -0.39 is 0 Å². The maximum absolute atomic E-state index is 5.89. The summed E-state index contributed by atoms with van der Waals surface area (Å²) in [5, 5.41) is 0. The van der Waals surface area contributed by atoms with Crippen molar-refractivity contribution in [3.63, 3.8) is 0 Å². The minimum Gasteiger partial charge on any atom is -0.418 e. The molecule has 0 fully saturated rings. The quantitative estimate of drug-likeness (QED) is 0.537. The molecule has 0 spiro atoms. The first kappa shape index (κ1) is 15.4.